The average molecular weight is 285 g/mol. The Balaban J connectivity index is 2.62. The summed E-state index contributed by atoms with van der Waals surface area (Å²) < 4.78 is 15.8. The lowest BCUT2D eigenvalue weighted by Gasteiger charge is -2.06. The van der Waals surface area contributed by atoms with Crippen molar-refractivity contribution in [3.63, 3.8) is 0 Å². The molecule has 1 heterocycles. The van der Waals surface area contributed by atoms with Gasteiger partial charge in [0, 0.05) is 4.47 Å². The van der Waals surface area contributed by atoms with Crippen molar-refractivity contribution in [2.75, 3.05) is 5.73 Å². The maximum atomic E-state index is 13.6. The van der Waals surface area contributed by atoms with E-state index in [0.717, 1.165) is 4.47 Å². The molecule has 4 nitrogen and oxygen atoms in total. The fourth-order valence-electron chi connectivity index (χ4n) is 1.49. The molecule has 2 rings (SSSR count). The summed E-state index contributed by atoms with van der Waals surface area (Å²) in [6.45, 7) is 1.92. The first-order chi connectivity index (χ1) is 7.63. The van der Waals surface area contributed by atoms with E-state index >= 15 is 0 Å². The Morgan fingerprint density at radius 2 is 2.25 bits per heavy atom. The highest BCUT2D eigenvalue weighted by Crippen LogP contribution is 2.21. The molecule has 0 atom stereocenters. The van der Waals surface area contributed by atoms with E-state index in [4.69, 9.17) is 5.73 Å². The van der Waals surface area contributed by atoms with Crippen LogP contribution in [-0.2, 0) is 6.42 Å². The molecule has 1 aromatic carbocycles. The van der Waals surface area contributed by atoms with Gasteiger partial charge in [-0.3, -0.25) is 0 Å². The Morgan fingerprint density at radius 3 is 2.94 bits per heavy atom. The smallest absolute Gasteiger partial charge is 0.169 e. The quantitative estimate of drug-likeness (QED) is 0.921. The van der Waals surface area contributed by atoms with Gasteiger partial charge in [0.05, 0.1) is 5.69 Å². The molecule has 0 radical (unpaired) electrons. The molecule has 0 saturated heterocycles. The molecular formula is C10H10BrFN4. The second-order valence-corrected chi connectivity index (χ2v) is 4.20. The van der Waals surface area contributed by atoms with Crippen molar-refractivity contribution in [3.05, 3.63) is 34.2 Å². The van der Waals surface area contributed by atoms with Gasteiger partial charge in [0.25, 0.3) is 0 Å². The van der Waals surface area contributed by atoms with Gasteiger partial charge in [-0.15, -0.1) is 5.10 Å². The van der Waals surface area contributed by atoms with Crippen LogP contribution < -0.4 is 5.73 Å². The second kappa shape index (κ2) is 4.21. The average Bonchev–Trinajstić information content (AvgIpc) is 2.63. The van der Waals surface area contributed by atoms with Crippen LogP contribution in [0.25, 0.3) is 5.69 Å². The summed E-state index contributed by atoms with van der Waals surface area (Å²) in [6, 6.07) is 4.64. The Morgan fingerprint density at radius 1 is 1.50 bits per heavy atom. The summed E-state index contributed by atoms with van der Waals surface area (Å²) in [4.78, 5) is 0. The monoisotopic (exact) mass is 284 g/mol. The largest absolute Gasteiger partial charge is 0.381 e. The Bertz CT molecular complexity index is 524. The lowest BCUT2D eigenvalue weighted by molar-refractivity contribution is 0.602. The number of halogens is 2. The highest BCUT2D eigenvalue weighted by molar-refractivity contribution is 9.10. The lowest BCUT2D eigenvalue weighted by Crippen LogP contribution is -2.05. The van der Waals surface area contributed by atoms with Crippen molar-refractivity contribution in [1.29, 1.82) is 0 Å². The van der Waals surface area contributed by atoms with Crippen LogP contribution in [0.1, 0.15) is 12.6 Å². The third-order valence-corrected chi connectivity index (χ3v) is 2.76. The first-order valence-electron chi connectivity index (χ1n) is 4.79. The number of hydrogen-bond acceptors (Lipinski definition) is 3. The SMILES string of the molecule is CCc1c(N)nnn1-c1cc(Br)ccc1F. The maximum Gasteiger partial charge on any atom is 0.169 e. The fraction of sp³-hybridized carbons (Fsp3) is 0.200. The minimum absolute atomic E-state index is 0.335. The molecular weight excluding hydrogens is 275 g/mol. The molecule has 1 aromatic heterocycles. The van der Waals surface area contributed by atoms with E-state index in [9.17, 15) is 4.39 Å². The number of hydrogen-bond donors (Lipinski definition) is 1. The van der Waals surface area contributed by atoms with E-state index in [1.807, 2.05) is 6.92 Å². The lowest BCUT2D eigenvalue weighted by atomic mass is 10.2. The van der Waals surface area contributed by atoms with E-state index in [1.54, 1.807) is 12.1 Å². The first-order valence-corrected chi connectivity index (χ1v) is 5.58. The number of aromatic nitrogens is 3. The van der Waals surface area contributed by atoms with Gasteiger partial charge < -0.3 is 5.73 Å². The van der Waals surface area contributed by atoms with Crippen molar-refractivity contribution in [3.8, 4) is 5.69 Å². The number of benzene rings is 1. The van der Waals surface area contributed by atoms with Crippen LogP contribution in [0, 0.1) is 5.82 Å². The normalized spacial score (nSPS) is 10.7. The molecule has 2 aromatic rings. The molecule has 0 spiro atoms. The van der Waals surface area contributed by atoms with Crippen LogP contribution in [0.4, 0.5) is 10.2 Å². The number of nitrogens with two attached hydrogens (primary N) is 1. The van der Waals surface area contributed by atoms with Crippen LogP contribution in [0.5, 0.6) is 0 Å². The van der Waals surface area contributed by atoms with E-state index in [0.29, 0.717) is 23.6 Å². The fourth-order valence-corrected chi connectivity index (χ4v) is 1.83. The molecule has 84 valence electrons. The summed E-state index contributed by atoms with van der Waals surface area (Å²) in [6.07, 6.45) is 0.644. The molecule has 0 unspecified atom stereocenters. The molecule has 16 heavy (non-hydrogen) atoms. The summed E-state index contributed by atoms with van der Waals surface area (Å²) >= 11 is 3.29. The van der Waals surface area contributed by atoms with Crippen molar-refractivity contribution in [2.24, 2.45) is 0 Å². The molecule has 6 heteroatoms. The highest BCUT2D eigenvalue weighted by Gasteiger charge is 2.13. The molecule has 0 aliphatic heterocycles. The third-order valence-electron chi connectivity index (χ3n) is 2.26. The van der Waals surface area contributed by atoms with E-state index in [2.05, 4.69) is 26.2 Å². The summed E-state index contributed by atoms with van der Waals surface area (Å²) in [5.41, 5.74) is 6.70. The zero-order valence-electron chi connectivity index (χ0n) is 8.61. The van der Waals surface area contributed by atoms with Crippen LogP contribution in [-0.4, -0.2) is 15.0 Å². The zero-order chi connectivity index (χ0) is 11.7. The Kier molecular flexibility index (Phi) is 2.91. The first kappa shape index (κ1) is 11.1. The van der Waals surface area contributed by atoms with E-state index in [-0.39, 0.29) is 5.82 Å². The molecule has 0 aliphatic carbocycles. The van der Waals surface area contributed by atoms with Crippen molar-refractivity contribution >= 4 is 21.7 Å². The standard InChI is InChI=1S/C10H10BrFN4/c1-2-8-10(13)14-15-16(8)9-5-6(11)3-4-7(9)12/h3-5H,2,13H2,1H3. The van der Waals surface area contributed by atoms with Crippen molar-refractivity contribution in [1.82, 2.24) is 15.0 Å². The topological polar surface area (TPSA) is 56.7 Å². The van der Waals surface area contributed by atoms with Gasteiger partial charge in [-0.05, 0) is 24.6 Å². The van der Waals surface area contributed by atoms with Gasteiger partial charge in [-0.1, -0.05) is 28.1 Å². The summed E-state index contributed by atoms with van der Waals surface area (Å²) in [5.74, 6) is -0.0234. The third kappa shape index (κ3) is 1.80. The van der Waals surface area contributed by atoms with Crippen LogP contribution in [0.15, 0.2) is 22.7 Å². The molecule has 0 fully saturated rings. The molecule has 0 saturated carbocycles. The summed E-state index contributed by atoms with van der Waals surface area (Å²) in [5, 5.41) is 7.58. The van der Waals surface area contributed by atoms with Gasteiger partial charge in [0.2, 0.25) is 0 Å². The number of nitrogens with zero attached hydrogens (tertiary/aromatic N) is 3. The molecule has 0 bridgehead atoms. The predicted octanol–water partition coefficient (Wildman–Crippen LogP) is 2.31. The van der Waals surface area contributed by atoms with E-state index in [1.165, 1.54) is 10.7 Å². The van der Waals surface area contributed by atoms with Crippen molar-refractivity contribution < 1.29 is 4.39 Å². The zero-order valence-corrected chi connectivity index (χ0v) is 10.2. The van der Waals surface area contributed by atoms with Gasteiger partial charge in [0.15, 0.2) is 5.82 Å². The number of rotatable bonds is 2. The molecule has 2 N–H and O–H groups in total. The number of nitrogen functional groups attached to an aromatic ring is 1. The van der Waals surface area contributed by atoms with Gasteiger partial charge in [0.1, 0.15) is 11.5 Å². The van der Waals surface area contributed by atoms with Gasteiger partial charge in [-0.25, -0.2) is 9.07 Å². The van der Waals surface area contributed by atoms with Crippen molar-refractivity contribution in [2.45, 2.75) is 13.3 Å². The molecule has 0 amide bonds. The van der Waals surface area contributed by atoms with E-state index < -0.39 is 0 Å². The predicted molar refractivity (Wildman–Crippen MR) is 62.8 cm³/mol. The highest BCUT2D eigenvalue weighted by atomic mass is 79.9. The second-order valence-electron chi connectivity index (χ2n) is 3.28. The minimum Gasteiger partial charge on any atom is -0.381 e. The Hall–Kier alpha value is -1.43. The maximum absolute atomic E-state index is 13.6. The minimum atomic E-state index is -0.359. The Labute approximate surface area is 100 Å². The van der Waals surface area contributed by atoms with Gasteiger partial charge >= 0.3 is 0 Å². The molecule has 0 aliphatic rings. The van der Waals surface area contributed by atoms with Crippen LogP contribution in [0.3, 0.4) is 0 Å². The van der Waals surface area contributed by atoms with Crippen LogP contribution in [0.2, 0.25) is 0 Å². The summed E-state index contributed by atoms with van der Waals surface area (Å²) in [7, 11) is 0. The van der Waals surface area contributed by atoms with Gasteiger partial charge in [-0.2, -0.15) is 0 Å². The van der Waals surface area contributed by atoms with Crippen LogP contribution >= 0.6 is 15.9 Å². The number of anilines is 1.